The number of carbonyl (C=O) groups is 1. The molecule has 0 aromatic heterocycles. The van der Waals surface area contributed by atoms with Gasteiger partial charge >= 0.3 is 5.97 Å². The van der Waals surface area contributed by atoms with Crippen molar-refractivity contribution >= 4 is 17.3 Å². The standard InChI is InChI=1S/C16H26N2O3/c1-5-6-10(9-19)11-7-8-12(14(18)13(11)17)15(20)21-16(2,3)4/h7-8,10,19H,5-6,9,17-18H2,1-4H3. The predicted molar refractivity (Wildman–Crippen MR) is 85.2 cm³/mol. The zero-order valence-corrected chi connectivity index (χ0v) is 13.3. The molecule has 118 valence electrons. The van der Waals surface area contributed by atoms with Crippen LogP contribution in [0.2, 0.25) is 0 Å². The molecule has 1 rings (SSSR count). The van der Waals surface area contributed by atoms with E-state index in [0.717, 1.165) is 18.4 Å². The molecule has 0 amide bonds. The van der Waals surface area contributed by atoms with Crippen LogP contribution in [0.1, 0.15) is 62.4 Å². The van der Waals surface area contributed by atoms with Gasteiger partial charge in [-0.2, -0.15) is 0 Å². The molecule has 0 fully saturated rings. The molecule has 5 nitrogen and oxygen atoms in total. The third kappa shape index (κ3) is 4.36. The van der Waals surface area contributed by atoms with Crippen LogP contribution in [0.25, 0.3) is 0 Å². The largest absolute Gasteiger partial charge is 0.456 e. The van der Waals surface area contributed by atoms with Gasteiger partial charge < -0.3 is 21.3 Å². The number of aliphatic hydroxyl groups is 1. The number of nitrogen functional groups attached to an aromatic ring is 2. The number of esters is 1. The molecule has 1 atom stereocenters. The Kier molecular flexibility index (Phi) is 5.61. The van der Waals surface area contributed by atoms with Crippen molar-refractivity contribution in [2.75, 3.05) is 18.1 Å². The summed E-state index contributed by atoms with van der Waals surface area (Å²) in [5, 5.41) is 9.47. The Bertz CT molecular complexity index is 507. The van der Waals surface area contributed by atoms with Crippen LogP contribution in [-0.2, 0) is 4.74 Å². The van der Waals surface area contributed by atoms with E-state index < -0.39 is 11.6 Å². The summed E-state index contributed by atoms with van der Waals surface area (Å²) in [5.74, 6) is -0.556. The summed E-state index contributed by atoms with van der Waals surface area (Å²) in [7, 11) is 0. The SMILES string of the molecule is CCCC(CO)c1ccc(C(=O)OC(C)(C)C)c(N)c1N. The molecule has 0 aliphatic rings. The van der Waals surface area contributed by atoms with Crippen LogP contribution in [0.4, 0.5) is 11.4 Å². The molecular formula is C16H26N2O3. The molecule has 0 saturated carbocycles. The van der Waals surface area contributed by atoms with E-state index in [-0.39, 0.29) is 23.8 Å². The molecule has 1 unspecified atom stereocenters. The molecule has 0 saturated heterocycles. The van der Waals surface area contributed by atoms with E-state index in [1.807, 2.05) is 6.92 Å². The predicted octanol–water partition coefficient (Wildman–Crippen LogP) is 2.68. The number of rotatable bonds is 5. The minimum Gasteiger partial charge on any atom is -0.456 e. The number of hydrogen-bond acceptors (Lipinski definition) is 5. The minimum absolute atomic E-state index is 0.00324. The zero-order valence-electron chi connectivity index (χ0n) is 13.3. The lowest BCUT2D eigenvalue weighted by atomic mass is 9.92. The number of anilines is 2. The van der Waals surface area contributed by atoms with Gasteiger partial charge in [-0.05, 0) is 38.8 Å². The first kappa shape index (κ1) is 17.3. The van der Waals surface area contributed by atoms with Gasteiger partial charge in [0.05, 0.1) is 23.5 Å². The highest BCUT2D eigenvalue weighted by Gasteiger charge is 2.23. The van der Waals surface area contributed by atoms with Crippen molar-refractivity contribution in [3.8, 4) is 0 Å². The van der Waals surface area contributed by atoms with Gasteiger partial charge in [0.1, 0.15) is 5.60 Å². The van der Waals surface area contributed by atoms with Gasteiger partial charge in [-0.25, -0.2) is 4.79 Å². The Morgan fingerprint density at radius 3 is 2.38 bits per heavy atom. The Morgan fingerprint density at radius 2 is 1.90 bits per heavy atom. The summed E-state index contributed by atoms with van der Waals surface area (Å²) in [6, 6.07) is 3.37. The van der Waals surface area contributed by atoms with Crippen LogP contribution in [0.3, 0.4) is 0 Å². The van der Waals surface area contributed by atoms with Crippen molar-refractivity contribution in [3.63, 3.8) is 0 Å². The summed E-state index contributed by atoms with van der Waals surface area (Å²) in [6.07, 6.45) is 1.74. The summed E-state index contributed by atoms with van der Waals surface area (Å²) in [4.78, 5) is 12.1. The molecule has 0 aliphatic carbocycles. The van der Waals surface area contributed by atoms with Crippen LogP contribution >= 0.6 is 0 Å². The van der Waals surface area contributed by atoms with E-state index in [1.54, 1.807) is 32.9 Å². The van der Waals surface area contributed by atoms with Gasteiger partial charge in [0.15, 0.2) is 0 Å². The van der Waals surface area contributed by atoms with Crippen LogP contribution in [0.15, 0.2) is 12.1 Å². The van der Waals surface area contributed by atoms with Gasteiger partial charge in [-0.15, -0.1) is 0 Å². The molecule has 0 bridgehead atoms. The van der Waals surface area contributed by atoms with E-state index in [4.69, 9.17) is 16.2 Å². The smallest absolute Gasteiger partial charge is 0.340 e. The Balaban J connectivity index is 3.13. The highest BCUT2D eigenvalue weighted by Crippen LogP contribution is 2.33. The van der Waals surface area contributed by atoms with Crippen molar-refractivity contribution in [1.29, 1.82) is 0 Å². The van der Waals surface area contributed by atoms with E-state index in [2.05, 4.69) is 0 Å². The monoisotopic (exact) mass is 294 g/mol. The van der Waals surface area contributed by atoms with Gasteiger partial charge in [-0.3, -0.25) is 0 Å². The summed E-state index contributed by atoms with van der Waals surface area (Å²) < 4.78 is 5.31. The van der Waals surface area contributed by atoms with Gasteiger partial charge in [-0.1, -0.05) is 19.4 Å². The average molecular weight is 294 g/mol. The molecule has 0 radical (unpaired) electrons. The van der Waals surface area contributed by atoms with Crippen LogP contribution in [0, 0.1) is 0 Å². The van der Waals surface area contributed by atoms with E-state index >= 15 is 0 Å². The minimum atomic E-state index is -0.590. The molecule has 5 heteroatoms. The fourth-order valence-corrected chi connectivity index (χ4v) is 2.21. The quantitative estimate of drug-likeness (QED) is 0.573. The normalized spacial score (nSPS) is 13.0. The molecular weight excluding hydrogens is 268 g/mol. The van der Waals surface area contributed by atoms with Crippen molar-refractivity contribution in [2.45, 2.75) is 52.1 Å². The fourth-order valence-electron chi connectivity index (χ4n) is 2.21. The molecule has 5 N–H and O–H groups in total. The van der Waals surface area contributed by atoms with Crippen LogP contribution in [-0.4, -0.2) is 23.3 Å². The maximum Gasteiger partial charge on any atom is 0.340 e. The number of aliphatic hydroxyl groups excluding tert-OH is 1. The number of ether oxygens (including phenoxy) is 1. The zero-order chi connectivity index (χ0) is 16.2. The first-order valence-electron chi connectivity index (χ1n) is 7.23. The maximum absolute atomic E-state index is 12.1. The van der Waals surface area contributed by atoms with Crippen molar-refractivity contribution < 1.29 is 14.6 Å². The lowest BCUT2D eigenvalue weighted by Gasteiger charge is -2.22. The number of nitrogens with two attached hydrogens (primary N) is 2. The second kappa shape index (κ2) is 6.80. The summed E-state index contributed by atoms with van der Waals surface area (Å²) in [5.41, 5.74) is 13.1. The molecule has 0 heterocycles. The number of benzene rings is 1. The third-order valence-electron chi connectivity index (χ3n) is 3.24. The second-order valence-corrected chi connectivity index (χ2v) is 6.20. The van der Waals surface area contributed by atoms with Gasteiger partial charge in [0.25, 0.3) is 0 Å². The molecule has 0 spiro atoms. The van der Waals surface area contributed by atoms with Crippen LogP contribution in [0.5, 0.6) is 0 Å². The Morgan fingerprint density at radius 1 is 1.29 bits per heavy atom. The maximum atomic E-state index is 12.1. The van der Waals surface area contributed by atoms with Crippen LogP contribution < -0.4 is 11.5 Å². The van der Waals surface area contributed by atoms with Crippen molar-refractivity contribution in [3.05, 3.63) is 23.3 Å². The lowest BCUT2D eigenvalue weighted by Crippen LogP contribution is -2.25. The first-order valence-corrected chi connectivity index (χ1v) is 7.23. The highest BCUT2D eigenvalue weighted by molar-refractivity contribution is 5.98. The summed E-state index contributed by atoms with van der Waals surface area (Å²) >= 11 is 0. The Labute approximate surface area is 126 Å². The second-order valence-electron chi connectivity index (χ2n) is 6.20. The molecule has 21 heavy (non-hydrogen) atoms. The topological polar surface area (TPSA) is 98.6 Å². The molecule has 1 aromatic carbocycles. The van der Waals surface area contributed by atoms with Crippen molar-refractivity contribution in [1.82, 2.24) is 0 Å². The lowest BCUT2D eigenvalue weighted by molar-refractivity contribution is 0.00708. The molecule has 0 aliphatic heterocycles. The Hall–Kier alpha value is -1.75. The van der Waals surface area contributed by atoms with Gasteiger partial charge in [0, 0.05) is 5.92 Å². The van der Waals surface area contributed by atoms with E-state index in [9.17, 15) is 9.90 Å². The summed E-state index contributed by atoms with van der Waals surface area (Å²) in [6.45, 7) is 7.42. The molecule has 1 aromatic rings. The number of carbonyl (C=O) groups excluding carboxylic acids is 1. The highest BCUT2D eigenvalue weighted by atomic mass is 16.6. The van der Waals surface area contributed by atoms with Gasteiger partial charge in [0.2, 0.25) is 0 Å². The van der Waals surface area contributed by atoms with E-state index in [1.165, 1.54) is 0 Å². The first-order chi connectivity index (χ1) is 9.71. The third-order valence-corrected chi connectivity index (χ3v) is 3.24. The van der Waals surface area contributed by atoms with E-state index in [0.29, 0.717) is 5.69 Å². The number of hydrogen-bond donors (Lipinski definition) is 3. The average Bonchev–Trinajstić information content (AvgIpc) is 2.37. The fraction of sp³-hybridized carbons (Fsp3) is 0.562. The van der Waals surface area contributed by atoms with Crippen molar-refractivity contribution in [2.24, 2.45) is 0 Å².